The molecule has 0 amide bonds. The van der Waals surface area contributed by atoms with Gasteiger partial charge in [0.1, 0.15) is 51.6 Å². The smallest absolute Gasteiger partial charge is 0.456 e. The van der Waals surface area contributed by atoms with E-state index in [0.717, 1.165) is 23.3 Å². The van der Waals surface area contributed by atoms with E-state index in [-0.39, 0.29) is 37.1 Å². The quantitative estimate of drug-likeness (QED) is 0.0574. The second kappa shape index (κ2) is 20.6. The number of benzene rings is 2. The lowest BCUT2D eigenvalue weighted by Gasteiger charge is -2.38. The summed E-state index contributed by atoms with van der Waals surface area (Å²) in [5.74, 6) is -0.919. The number of esters is 2. The molecule has 2 rings (SSSR count). The van der Waals surface area contributed by atoms with E-state index in [4.69, 9.17) is 18.5 Å². The maximum atomic E-state index is 12.6. The molecule has 4 atom stereocenters. The fraction of sp³-hybridized carbons (Fsp3) is 0.556. The van der Waals surface area contributed by atoms with Gasteiger partial charge < -0.3 is 18.4 Å². The Labute approximate surface area is 289 Å². The number of quaternary nitrogens is 2. The second-order valence-corrected chi connectivity index (χ2v) is 16.6. The van der Waals surface area contributed by atoms with Gasteiger partial charge >= 0.3 is 28.0 Å². The predicted octanol–water partition coefficient (Wildman–Crippen LogP) is 6.75. The Kier molecular flexibility index (Phi) is 17.8. The number of nitrogens with zero attached hydrogens (tertiary/aromatic N) is 2. The summed E-state index contributed by atoms with van der Waals surface area (Å²) < 4.78 is 48.3. The topological polar surface area (TPSA) is 105 Å². The van der Waals surface area contributed by atoms with Gasteiger partial charge in [0.25, 0.3) is 0 Å². The average Bonchev–Trinajstić information content (AvgIpc) is 3.04. The Bertz CT molecular complexity index is 1230. The van der Waals surface area contributed by atoms with Crippen LogP contribution in [0.4, 0.5) is 0 Å². The Morgan fingerprint density at radius 1 is 0.625 bits per heavy atom. The van der Waals surface area contributed by atoms with Crippen LogP contribution in [0.1, 0.15) is 38.8 Å². The number of hydrogen-bond acceptors (Lipinski definition) is 8. The van der Waals surface area contributed by atoms with Gasteiger partial charge in [-0.1, -0.05) is 88.4 Å². The van der Waals surface area contributed by atoms with Gasteiger partial charge in [0.05, 0.1) is 28.2 Å². The number of hydrogen-bond donors (Lipinski definition) is 0. The summed E-state index contributed by atoms with van der Waals surface area (Å²) >= 11 is 0. The van der Waals surface area contributed by atoms with Crippen LogP contribution in [0.15, 0.2) is 72.8 Å². The SMILES string of the molecule is CC(C)C(COC(=O)/C=C/C(=O)OCC(C(C)C)[N+](C)(C)CC[P+](=O)OCc1ccccc1)[N+](C)(C)CC[P+](=O)OCc1ccccc1. The zero-order valence-corrected chi connectivity index (χ0v) is 31.7. The molecule has 4 unspecified atom stereocenters. The highest BCUT2D eigenvalue weighted by molar-refractivity contribution is 7.39. The van der Waals surface area contributed by atoms with Crippen molar-refractivity contribution in [3.8, 4) is 0 Å². The number of carbonyl (C=O) groups excluding carboxylic acids is 2. The first-order valence-corrected chi connectivity index (χ1v) is 19.2. The van der Waals surface area contributed by atoms with Crippen molar-refractivity contribution in [3.63, 3.8) is 0 Å². The third-order valence-corrected chi connectivity index (χ3v) is 10.6. The summed E-state index contributed by atoms with van der Waals surface area (Å²) in [5.41, 5.74) is 1.94. The van der Waals surface area contributed by atoms with Crippen molar-refractivity contribution < 1.29 is 46.2 Å². The normalized spacial score (nSPS) is 14.2. The molecule has 0 saturated heterocycles. The van der Waals surface area contributed by atoms with Gasteiger partial charge in [-0.15, -0.1) is 9.05 Å². The second-order valence-electron chi connectivity index (χ2n) is 13.9. The highest BCUT2D eigenvalue weighted by atomic mass is 31.1. The molecule has 0 radical (unpaired) electrons. The molecule has 264 valence electrons. The Morgan fingerprint density at radius 2 is 0.958 bits per heavy atom. The number of rotatable bonds is 22. The molecule has 0 heterocycles. The first kappa shape index (κ1) is 41.3. The summed E-state index contributed by atoms with van der Waals surface area (Å²) in [4.78, 5) is 25.1. The number of ether oxygens (including phenoxy) is 2. The molecule has 0 saturated carbocycles. The van der Waals surface area contributed by atoms with Crippen molar-refractivity contribution >= 4 is 28.0 Å². The Hall–Kier alpha value is -2.84. The maximum Gasteiger partial charge on any atom is 0.514 e. The van der Waals surface area contributed by atoms with Gasteiger partial charge in [-0.05, 0) is 20.3 Å². The van der Waals surface area contributed by atoms with Gasteiger partial charge in [0.2, 0.25) is 12.3 Å². The van der Waals surface area contributed by atoms with Crippen molar-refractivity contribution in [1.82, 2.24) is 0 Å². The lowest BCUT2D eigenvalue weighted by atomic mass is 10.0. The van der Waals surface area contributed by atoms with Crippen LogP contribution in [0, 0.1) is 11.8 Å². The van der Waals surface area contributed by atoms with Gasteiger partial charge in [-0.25, -0.2) is 9.59 Å². The van der Waals surface area contributed by atoms with E-state index in [1.165, 1.54) is 0 Å². The monoisotopic (exact) mass is 706 g/mol. The summed E-state index contributed by atoms with van der Waals surface area (Å²) in [7, 11) is 4.41. The van der Waals surface area contributed by atoms with Gasteiger partial charge in [0.15, 0.2) is 0 Å². The molecule has 12 heteroatoms. The van der Waals surface area contributed by atoms with Crippen molar-refractivity contribution in [2.45, 2.75) is 53.0 Å². The summed E-state index contributed by atoms with van der Waals surface area (Å²) in [5, 5.41) is 0. The zero-order valence-electron chi connectivity index (χ0n) is 29.9. The van der Waals surface area contributed by atoms with Crippen LogP contribution in [0.2, 0.25) is 0 Å². The molecule has 0 N–H and O–H groups in total. The van der Waals surface area contributed by atoms with E-state index < -0.39 is 28.0 Å². The van der Waals surface area contributed by atoms with Crippen LogP contribution in [-0.4, -0.2) is 99.8 Å². The molecule has 0 aliphatic heterocycles. The Morgan fingerprint density at radius 3 is 1.27 bits per heavy atom. The molecule has 0 fully saturated rings. The molecule has 2 aromatic carbocycles. The maximum absolute atomic E-state index is 12.6. The largest absolute Gasteiger partial charge is 0.514 e. The first-order chi connectivity index (χ1) is 22.6. The molecule has 0 spiro atoms. The van der Waals surface area contributed by atoms with Crippen LogP contribution >= 0.6 is 16.1 Å². The minimum Gasteiger partial charge on any atom is -0.456 e. The van der Waals surface area contributed by atoms with Gasteiger partial charge in [-0.3, -0.25) is 0 Å². The van der Waals surface area contributed by atoms with Crippen LogP contribution in [0.5, 0.6) is 0 Å². The van der Waals surface area contributed by atoms with Crippen molar-refractivity contribution in [3.05, 3.63) is 83.9 Å². The zero-order chi connectivity index (χ0) is 35.7. The van der Waals surface area contributed by atoms with E-state index >= 15 is 0 Å². The molecular weight excluding hydrogens is 650 g/mol. The molecule has 10 nitrogen and oxygen atoms in total. The Balaban J connectivity index is 1.80. The number of likely N-dealkylation sites (N-methyl/N-ethyl adjacent to an activating group) is 2. The van der Waals surface area contributed by atoms with Crippen molar-refractivity contribution in [2.75, 3.05) is 66.8 Å². The highest BCUT2D eigenvalue weighted by Crippen LogP contribution is 2.28. The first-order valence-electron chi connectivity index (χ1n) is 16.5. The molecule has 48 heavy (non-hydrogen) atoms. The molecule has 0 aliphatic rings. The molecule has 2 aromatic rings. The fourth-order valence-electron chi connectivity index (χ4n) is 5.55. The van der Waals surface area contributed by atoms with Crippen molar-refractivity contribution in [1.29, 1.82) is 0 Å². The van der Waals surface area contributed by atoms with E-state index in [1.807, 2.05) is 88.9 Å². The highest BCUT2D eigenvalue weighted by Gasteiger charge is 2.37. The van der Waals surface area contributed by atoms with Crippen LogP contribution in [0.25, 0.3) is 0 Å². The summed E-state index contributed by atoms with van der Waals surface area (Å²) in [6, 6.07) is 19.1. The van der Waals surface area contributed by atoms with E-state index in [2.05, 4.69) is 27.7 Å². The lowest BCUT2D eigenvalue weighted by Crippen LogP contribution is -2.55. The van der Waals surface area contributed by atoms with E-state index in [9.17, 15) is 18.7 Å². The van der Waals surface area contributed by atoms with Crippen LogP contribution in [-0.2, 0) is 50.5 Å². The molecular formula is C36H56N2O8P2+4. The van der Waals surface area contributed by atoms with Gasteiger partial charge in [-0.2, -0.15) is 0 Å². The van der Waals surface area contributed by atoms with Crippen LogP contribution in [0.3, 0.4) is 0 Å². The van der Waals surface area contributed by atoms with E-state index in [0.29, 0.717) is 47.6 Å². The van der Waals surface area contributed by atoms with Gasteiger partial charge in [0, 0.05) is 24.0 Å². The predicted molar refractivity (Wildman–Crippen MR) is 190 cm³/mol. The molecule has 0 aromatic heterocycles. The van der Waals surface area contributed by atoms with Crippen molar-refractivity contribution in [2.24, 2.45) is 11.8 Å². The van der Waals surface area contributed by atoms with Crippen LogP contribution < -0.4 is 0 Å². The third-order valence-electron chi connectivity index (χ3n) is 8.64. The number of carbonyl (C=O) groups is 2. The lowest BCUT2D eigenvalue weighted by molar-refractivity contribution is -0.916. The third kappa shape index (κ3) is 15.6. The summed E-state index contributed by atoms with van der Waals surface area (Å²) in [6.07, 6.45) is 2.94. The average molecular weight is 707 g/mol. The molecule has 0 bridgehead atoms. The standard InChI is InChI=1S/C36H56N2O8P2/c1-29(2)33(37(5,6)21-23-47(41)45-25-31-15-11-9-12-16-31)27-43-35(39)19-20-36(40)44-28-34(30(3)4)38(7,8)22-24-48(42)46-26-32-17-13-10-14-18-32/h9-20,29-30,33-34H,21-28H2,1-8H3/q+4/b20-19+. The minimum absolute atomic E-state index is 0.0579. The minimum atomic E-state index is -1.84. The van der Waals surface area contributed by atoms with E-state index in [1.54, 1.807) is 0 Å². The molecule has 0 aliphatic carbocycles. The fourth-order valence-corrected chi connectivity index (χ4v) is 7.75. The summed E-state index contributed by atoms with van der Waals surface area (Å²) in [6.45, 7) is 10.3.